The predicted molar refractivity (Wildman–Crippen MR) is 120 cm³/mol. The highest BCUT2D eigenvalue weighted by molar-refractivity contribution is 6.46. The molecular weight excluding hydrogens is 425 g/mol. The van der Waals surface area contributed by atoms with Crippen LogP contribution in [0.2, 0.25) is 0 Å². The van der Waals surface area contributed by atoms with E-state index in [1.807, 2.05) is 0 Å². The average molecular weight is 449 g/mol. The molecule has 2 heterocycles. The lowest BCUT2D eigenvalue weighted by Gasteiger charge is -2.23. The lowest BCUT2D eigenvalue weighted by Crippen LogP contribution is -2.31. The van der Waals surface area contributed by atoms with Crippen molar-refractivity contribution in [3.05, 3.63) is 94.2 Å². The van der Waals surface area contributed by atoms with Gasteiger partial charge in [0.15, 0.2) is 0 Å². The maximum atomic E-state index is 13.2. The number of aliphatic hydroxyl groups excluding tert-OH is 1. The fraction of sp³-hybridized carbons (Fsp3) is 0.231. The highest BCUT2D eigenvalue weighted by atomic mass is 19.1. The number of carbonyl (C=O) groups excluding carboxylic acids is 2. The van der Waals surface area contributed by atoms with Crippen LogP contribution >= 0.6 is 0 Å². The maximum absolute atomic E-state index is 13.2. The third-order valence-corrected chi connectivity index (χ3v) is 5.81. The Morgan fingerprint density at radius 3 is 2.42 bits per heavy atom. The van der Waals surface area contributed by atoms with Crippen LogP contribution in [0.25, 0.3) is 5.76 Å². The quantitative estimate of drug-likeness (QED) is 0.335. The summed E-state index contributed by atoms with van der Waals surface area (Å²) in [6.07, 6.45) is 0.408. The summed E-state index contributed by atoms with van der Waals surface area (Å²) in [5.74, 6) is -0.489. The predicted octanol–water partition coefficient (Wildman–Crippen LogP) is 4.71. The first kappa shape index (κ1) is 22.3. The Balaban J connectivity index is 1.77. The molecule has 3 aromatic rings. The molecule has 1 fully saturated rings. The van der Waals surface area contributed by atoms with Crippen molar-refractivity contribution in [3.8, 4) is 5.75 Å². The number of aryl methyl sites for hydroxylation is 2. The number of halogens is 1. The van der Waals surface area contributed by atoms with E-state index >= 15 is 0 Å². The van der Waals surface area contributed by atoms with E-state index < -0.39 is 17.7 Å². The second-order valence-electron chi connectivity index (χ2n) is 8.00. The molecule has 7 heteroatoms. The number of ether oxygens (including phenoxy) is 1. The van der Waals surface area contributed by atoms with Crippen molar-refractivity contribution in [3.63, 3.8) is 0 Å². The number of amides is 1. The maximum Gasteiger partial charge on any atom is 0.295 e. The van der Waals surface area contributed by atoms with Crippen LogP contribution in [0.15, 0.2) is 64.6 Å². The number of rotatable bonds is 6. The third kappa shape index (κ3) is 4.26. The van der Waals surface area contributed by atoms with E-state index in [0.29, 0.717) is 34.8 Å². The molecule has 4 rings (SSSR count). The van der Waals surface area contributed by atoms with Crippen LogP contribution < -0.4 is 4.74 Å². The van der Waals surface area contributed by atoms with E-state index in [1.54, 1.807) is 63.4 Å². The molecular formula is C26H24FNO5. The van der Waals surface area contributed by atoms with Gasteiger partial charge in [-0.25, -0.2) is 4.39 Å². The first-order chi connectivity index (χ1) is 15.8. The van der Waals surface area contributed by atoms with E-state index in [0.717, 1.165) is 5.56 Å². The molecule has 170 valence electrons. The number of methoxy groups -OCH3 is 1. The zero-order valence-corrected chi connectivity index (χ0v) is 18.6. The molecule has 1 aromatic heterocycles. The molecule has 6 nitrogen and oxygen atoms in total. The first-order valence-electron chi connectivity index (χ1n) is 10.5. The Hall–Kier alpha value is -3.87. The Morgan fingerprint density at radius 1 is 1.09 bits per heavy atom. The van der Waals surface area contributed by atoms with E-state index in [1.165, 1.54) is 17.0 Å². The molecule has 33 heavy (non-hydrogen) atoms. The monoisotopic (exact) mass is 449 g/mol. The number of likely N-dealkylation sites (tertiary alicyclic amines) is 1. The largest absolute Gasteiger partial charge is 0.507 e. The summed E-state index contributed by atoms with van der Waals surface area (Å²) in [6, 6.07) is 13.6. The van der Waals surface area contributed by atoms with Gasteiger partial charge in [-0.1, -0.05) is 12.1 Å². The van der Waals surface area contributed by atoms with Crippen molar-refractivity contribution in [2.24, 2.45) is 0 Å². The minimum absolute atomic E-state index is 0.0262. The Labute approximate surface area is 190 Å². The van der Waals surface area contributed by atoms with Gasteiger partial charge in [0.05, 0.1) is 12.7 Å². The van der Waals surface area contributed by atoms with E-state index in [2.05, 4.69) is 0 Å². The average Bonchev–Trinajstić information content (AvgIpc) is 3.33. The number of ketones is 1. The molecule has 1 aliphatic heterocycles. The molecule has 1 N–H and O–H groups in total. The molecule has 0 bridgehead atoms. The first-order valence-corrected chi connectivity index (χ1v) is 10.5. The van der Waals surface area contributed by atoms with Gasteiger partial charge in [-0.15, -0.1) is 0 Å². The summed E-state index contributed by atoms with van der Waals surface area (Å²) in [5, 5.41) is 11.2. The van der Waals surface area contributed by atoms with Crippen molar-refractivity contribution in [2.75, 3.05) is 13.7 Å². The van der Waals surface area contributed by atoms with E-state index in [9.17, 15) is 19.1 Å². The van der Waals surface area contributed by atoms with Crippen molar-refractivity contribution in [1.82, 2.24) is 4.90 Å². The standard InChI is InChI=1S/C26H24FNO5/c1-15-14-19(32-3)9-10-20(15)24(29)22-23(21-11-4-16(2)33-21)28(26(31)25(22)30)13-12-17-5-7-18(27)8-6-17/h4-11,14,23,29H,12-13H2,1-3H3/b24-22-. The Morgan fingerprint density at radius 2 is 1.82 bits per heavy atom. The number of hydrogen-bond donors (Lipinski definition) is 1. The number of aliphatic hydroxyl groups is 1. The highest BCUT2D eigenvalue weighted by Crippen LogP contribution is 2.40. The van der Waals surface area contributed by atoms with Gasteiger partial charge in [0.1, 0.15) is 34.9 Å². The summed E-state index contributed by atoms with van der Waals surface area (Å²) in [5.41, 5.74) is 1.92. The smallest absolute Gasteiger partial charge is 0.295 e. The summed E-state index contributed by atoms with van der Waals surface area (Å²) < 4.78 is 24.2. The van der Waals surface area contributed by atoms with Crippen molar-refractivity contribution >= 4 is 17.4 Å². The molecule has 0 radical (unpaired) electrons. The zero-order valence-electron chi connectivity index (χ0n) is 18.6. The fourth-order valence-electron chi connectivity index (χ4n) is 4.08. The van der Waals surface area contributed by atoms with Crippen LogP contribution in [-0.2, 0) is 16.0 Å². The fourth-order valence-corrected chi connectivity index (χ4v) is 4.08. The summed E-state index contributed by atoms with van der Waals surface area (Å²) in [4.78, 5) is 27.5. The molecule has 1 amide bonds. The van der Waals surface area contributed by atoms with E-state index in [4.69, 9.17) is 9.15 Å². The molecule has 0 spiro atoms. The summed E-state index contributed by atoms with van der Waals surface area (Å²) in [6.45, 7) is 3.75. The Kier molecular flexibility index (Phi) is 6.05. The van der Waals surface area contributed by atoms with Gasteiger partial charge in [-0.2, -0.15) is 0 Å². The van der Waals surface area contributed by atoms with Gasteiger partial charge in [-0.3, -0.25) is 9.59 Å². The van der Waals surface area contributed by atoms with Crippen LogP contribution in [-0.4, -0.2) is 35.4 Å². The lowest BCUT2D eigenvalue weighted by molar-refractivity contribution is -0.140. The van der Waals surface area contributed by atoms with Crippen LogP contribution in [0, 0.1) is 19.7 Å². The molecule has 1 aliphatic rings. The minimum atomic E-state index is -0.874. The molecule has 0 aliphatic carbocycles. The van der Waals surface area contributed by atoms with Crippen molar-refractivity contribution in [1.29, 1.82) is 0 Å². The van der Waals surface area contributed by atoms with Gasteiger partial charge in [0.2, 0.25) is 0 Å². The number of nitrogens with zero attached hydrogens (tertiary/aromatic N) is 1. The second-order valence-corrected chi connectivity index (χ2v) is 8.00. The zero-order chi connectivity index (χ0) is 23.7. The molecule has 1 unspecified atom stereocenters. The number of Topliss-reactive ketones (excluding diaryl/α,β-unsaturated/α-hetero) is 1. The van der Waals surface area contributed by atoms with Gasteiger partial charge in [-0.05, 0) is 73.9 Å². The third-order valence-electron chi connectivity index (χ3n) is 5.81. The number of furan rings is 1. The number of hydrogen-bond acceptors (Lipinski definition) is 5. The minimum Gasteiger partial charge on any atom is -0.507 e. The molecule has 1 saturated heterocycles. The van der Waals surface area contributed by atoms with Gasteiger partial charge < -0.3 is 19.2 Å². The SMILES string of the molecule is COc1ccc(/C(O)=C2/C(=O)C(=O)N(CCc3ccc(F)cc3)C2c2ccc(C)o2)c(C)c1. The van der Waals surface area contributed by atoms with Gasteiger partial charge in [0.25, 0.3) is 11.7 Å². The second kappa shape index (κ2) is 8.94. The van der Waals surface area contributed by atoms with Crippen LogP contribution in [0.1, 0.15) is 34.3 Å². The number of carbonyl (C=O) groups is 2. The number of benzene rings is 2. The topological polar surface area (TPSA) is 80.0 Å². The molecule has 1 atom stereocenters. The van der Waals surface area contributed by atoms with Crippen LogP contribution in [0.4, 0.5) is 4.39 Å². The lowest BCUT2D eigenvalue weighted by atomic mass is 9.97. The summed E-state index contributed by atoms with van der Waals surface area (Å²) >= 11 is 0. The van der Waals surface area contributed by atoms with Crippen LogP contribution in [0.3, 0.4) is 0 Å². The Bertz CT molecular complexity index is 1240. The highest BCUT2D eigenvalue weighted by Gasteiger charge is 2.47. The molecule has 2 aromatic carbocycles. The van der Waals surface area contributed by atoms with Crippen molar-refractivity contribution in [2.45, 2.75) is 26.3 Å². The normalized spacial score (nSPS) is 17.6. The van der Waals surface area contributed by atoms with E-state index in [-0.39, 0.29) is 23.7 Å². The van der Waals surface area contributed by atoms with Crippen molar-refractivity contribution < 1.29 is 28.2 Å². The van der Waals surface area contributed by atoms with Gasteiger partial charge in [0, 0.05) is 12.1 Å². The summed E-state index contributed by atoms with van der Waals surface area (Å²) in [7, 11) is 1.54. The van der Waals surface area contributed by atoms with Gasteiger partial charge >= 0.3 is 0 Å². The van der Waals surface area contributed by atoms with Crippen LogP contribution in [0.5, 0.6) is 5.75 Å². The molecule has 0 saturated carbocycles.